The molecule has 2 fully saturated rings. The van der Waals surface area contributed by atoms with E-state index in [-0.39, 0.29) is 5.92 Å². The predicted octanol–water partition coefficient (Wildman–Crippen LogP) is 0.539. The Bertz CT molecular complexity index is 257. The van der Waals surface area contributed by atoms with Crippen molar-refractivity contribution in [3.8, 4) is 0 Å². The molecule has 0 aromatic heterocycles. The van der Waals surface area contributed by atoms with Crippen LogP contribution in [0.2, 0.25) is 0 Å². The molecule has 0 bridgehead atoms. The van der Waals surface area contributed by atoms with Crippen LogP contribution < -0.4 is 5.32 Å². The average Bonchev–Trinajstić information content (AvgIpc) is 2.68. The smallest absolute Gasteiger partial charge is 0.228 e. The number of nitrogens with zero attached hydrogens (tertiary/aromatic N) is 2. The van der Waals surface area contributed by atoms with Gasteiger partial charge in [-0.3, -0.25) is 4.79 Å². The topological polar surface area (TPSA) is 35.6 Å². The molecule has 98 valence electrons. The van der Waals surface area contributed by atoms with Crippen molar-refractivity contribution < 1.29 is 4.79 Å². The van der Waals surface area contributed by atoms with Crippen molar-refractivity contribution in [1.82, 2.24) is 15.1 Å². The van der Waals surface area contributed by atoms with E-state index in [2.05, 4.69) is 29.2 Å². The summed E-state index contributed by atoms with van der Waals surface area (Å²) in [6, 6.07) is 0.517. The highest BCUT2D eigenvalue weighted by Crippen LogP contribution is 2.25. The summed E-state index contributed by atoms with van der Waals surface area (Å²) in [6.07, 6.45) is 5.00. The van der Waals surface area contributed by atoms with Gasteiger partial charge in [0.05, 0.1) is 5.92 Å². The number of carbonyl (C=O) groups is 1. The zero-order chi connectivity index (χ0) is 12.3. The van der Waals surface area contributed by atoms with Gasteiger partial charge in [0.25, 0.3) is 0 Å². The Kier molecular flexibility index (Phi) is 4.40. The van der Waals surface area contributed by atoms with Crippen LogP contribution in [0.1, 0.15) is 25.7 Å². The van der Waals surface area contributed by atoms with Gasteiger partial charge in [0.1, 0.15) is 0 Å². The van der Waals surface area contributed by atoms with Crippen molar-refractivity contribution in [3.63, 3.8) is 0 Å². The number of hydrogen-bond acceptors (Lipinski definition) is 3. The maximum Gasteiger partial charge on any atom is 0.228 e. The molecule has 2 rings (SSSR count). The van der Waals surface area contributed by atoms with Crippen LogP contribution >= 0.6 is 0 Å². The number of amides is 1. The fourth-order valence-corrected chi connectivity index (χ4v) is 2.69. The van der Waals surface area contributed by atoms with Crippen LogP contribution in [0.15, 0.2) is 0 Å². The summed E-state index contributed by atoms with van der Waals surface area (Å²) in [6.45, 7) is 3.63. The van der Waals surface area contributed by atoms with Crippen LogP contribution in [0.5, 0.6) is 0 Å². The summed E-state index contributed by atoms with van der Waals surface area (Å²) in [5.41, 5.74) is 0. The van der Waals surface area contributed by atoms with Gasteiger partial charge in [-0.15, -0.1) is 0 Å². The summed E-state index contributed by atoms with van der Waals surface area (Å²) in [5.74, 6) is 0.635. The zero-order valence-electron chi connectivity index (χ0n) is 11.1. The molecule has 1 N–H and O–H groups in total. The molecule has 0 unspecified atom stereocenters. The van der Waals surface area contributed by atoms with Gasteiger partial charge in [-0.2, -0.15) is 0 Å². The van der Waals surface area contributed by atoms with Gasteiger partial charge in [-0.25, -0.2) is 0 Å². The van der Waals surface area contributed by atoms with Crippen LogP contribution in [0, 0.1) is 5.92 Å². The van der Waals surface area contributed by atoms with E-state index in [0.29, 0.717) is 11.9 Å². The number of likely N-dealkylation sites (N-methyl/N-ethyl adjacent to an activating group) is 1. The highest BCUT2D eigenvalue weighted by molar-refractivity contribution is 5.80. The molecule has 0 aromatic rings. The van der Waals surface area contributed by atoms with E-state index in [9.17, 15) is 4.79 Å². The van der Waals surface area contributed by atoms with Gasteiger partial charge >= 0.3 is 0 Å². The highest BCUT2D eigenvalue weighted by atomic mass is 16.2. The Morgan fingerprint density at radius 2 is 1.82 bits per heavy atom. The lowest BCUT2D eigenvalue weighted by atomic mass is 10.0. The molecule has 1 amide bonds. The van der Waals surface area contributed by atoms with Gasteiger partial charge in [0.15, 0.2) is 0 Å². The van der Waals surface area contributed by atoms with Crippen LogP contribution in [-0.4, -0.2) is 62.0 Å². The summed E-state index contributed by atoms with van der Waals surface area (Å²) in [4.78, 5) is 16.7. The second kappa shape index (κ2) is 5.83. The van der Waals surface area contributed by atoms with Crippen molar-refractivity contribution in [3.05, 3.63) is 0 Å². The highest BCUT2D eigenvalue weighted by Gasteiger charge is 2.33. The molecule has 4 nitrogen and oxygen atoms in total. The normalized spacial score (nSPS) is 21.8. The molecule has 0 spiro atoms. The summed E-state index contributed by atoms with van der Waals surface area (Å²) in [5, 5.41) is 3.19. The van der Waals surface area contributed by atoms with Gasteiger partial charge in [0.2, 0.25) is 5.91 Å². The van der Waals surface area contributed by atoms with Gasteiger partial charge in [-0.1, -0.05) is 12.8 Å². The monoisotopic (exact) mass is 239 g/mol. The molecule has 0 aromatic carbocycles. The third-order valence-corrected chi connectivity index (χ3v) is 3.97. The molecule has 1 saturated carbocycles. The van der Waals surface area contributed by atoms with Crippen molar-refractivity contribution in [2.24, 2.45) is 5.92 Å². The fraction of sp³-hybridized carbons (Fsp3) is 0.923. The first-order chi connectivity index (χ1) is 8.18. The van der Waals surface area contributed by atoms with E-state index >= 15 is 0 Å². The van der Waals surface area contributed by atoms with Gasteiger partial charge < -0.3 is 15.1 Å². The van der Waals surface area contributed by atoms with E-state index in [1.165, 1.54) is 25.7 Å². The van der Waals surface area contributed by atoms with E-state index in [4.69, 9.17) is 0 Å². The second-order valence-electron chi connectivity index (χ2n) is 5.63. The average molecular weight is 239 g/mol. The van der Waals surface area contributed by atoms with E-state index in [1.807, 2.05) is 0 Å². The second-order valence-corrected chi connectivity index (χ2v) is 5.63. The number of nitrogens with one attached hydrogen (secondary N) is 1. The third kappa shape index (κ3) is 3.19. The van der Waals surface area contributed by atoms with Crippen LogP contribution in [0.25, 0.3) is 0 Å². The molecular formula is C13H25N3O. The fourth-order valence-electron chi connectivity index (χ4n) is 2.69. The van der Waals surface area contributed by atoms with E-state index in [1.54, 1.807) is 0 Å². The third-order valence-electron chi connectivity index (χ3n) is 3.97. The predicted molar refractivity (Wildman–Crippen MR) is 68.9 cm³/mol. The van der Waals surface area contributed by atoms with Crippen LogP contribution in [0.4, 0.5) is 0 Å². The number of rotatable bonds is 5. The maximum absolute atomic E-state index is 12.4. The number of carbonyl (C=O) groups excluding carboxylic acids is 1. The van der Waals surface area contributed by atoms with Crippen LogP contribution in [-0.2, 0) is 4.79 Å². The van der Waals surface area contributed by atoms with E-state index < -0.39 is 0 Å². The summed E-state index contributed by atoms with van der Waals surface area (Å²) in [7, 11) is 4.14. The van der Waals surface area contributed by atoms with Gasteiger partial charge in [0, 0.05) is 32.2 Å². The molecule has 1 aliphatic carbocycles. The van der Waals surface area contributed by atoms with Crippen LogP contribution in [0.3, 0.4) is 0 Å². The molecule has 1 saturated heterocycles. The molecule has 0 radical (unpaired) electrons. The van der Waals surface area contributed by atoms with Gasteiger partial charge in [-0.05, 0) is 26.9 Å². The zero-order valence-corrected chi connectivity index (χ0v) is 11.1. The molecule has 4 heteroatoms. The Morgan fingerprint density at radius 3 is 2.29 bits per heavy atom. The Hall–Kier alpha value is -0.610. The minimum absolute atomic E-state index is 0.248. The maximum atomic E-state index is 12.4. The summed E-state index contributed by atoms with van der Waals surface area (Å²) < 4.78 is 0. The minimum atomic E-state index is 0.248. The molecular weight excluding hydrogens is 214 g/mol. The quantitative estimate of drug-likeness (QED) is 0.760. The first-order valence-electron chi connectivity index (χ1n) is 6.84. The minimum Gasteiger partial charge on any atom is -0.338 e. The van der Waals surface area contributed by atoms with E-state index in [0.717, 1.165) is 26.2 Å². The first-order valence-corrected chi connectivity index (χ1v) is 6.84. The molecule has 0 atom stereocenters. The lowest BCUT2D eigenvalue weighted by molar-refractivity contribution is -0.139. The van der Waals surface area contributed by atoms with Crippen molar-refractivity contribution in [2.75, 3.05) is 40.3 Å². The molecule has 17 heavy (non-hydrogen) atoms. The standard InChI is InChI=1S/C13H25N3O/c1-15(2)7-8-16(12-5-3-4-6-12)13(17)11-9-14-10-11/h11-12,14H,3-10H2,1-2H3. The first kappa shape index (κ1) is 12.8. The van der Waals surface area contributed by atoms with Crippen molar-refractivity contribution in [1.29, 1.82) is 0 Å². The lowest BCUT2D eigenvalue weighted by Crippen LogP contribution is -2.55. The SMILES string of the molecule is CN(C)CCN(C(=O)C1CNC1)C1CCCC1. The van der Waals surface area contributed by atoms with Crippen molar-refractivity contribution in [2.45, 2.75) is 31.7 Å². The lowest BCUT2D eigenvalue weighted by Gasteiger charge is -2.36. The number of hydrogen-bond donors (Lipinski definition) is 1. The Labute approximate surface area is 104 Å². The molecule has 1 heterocycles. The Balaban J connectivity index is 1.92. The largest absolute Gasteiger partial charge is 0.338 e. The molecule has 1 aliphatic heterocycles. The summed E-state index contributed by atoms with van der Waals surface area (Å²) >= 11 is 0. The van der Waals surface area contributed by atoms with Crippen molar-refractivity contribution >= 4 is 5.91 Å². The molecule has 2 aliphatic rings. The Morgan fingerprint density at radius 1 is 1.18 bits per heavy atom.